The van der Waals surface area contributed by atoms with Crippen LogP contribution in [0.5, 0.6) is 5.75 Å². The van der Waals surface area contributed by atoms with E-state index in [1.165, 1.54) is 12.1 Å². The second kappa shape index (κ2) is 5.89. The number of hydrogen-bond donors (Lipinski definition) is 3. The van der Waals surface area contributed by atoms with Gasteiger partial charge in [0.25, 0.3) is 0 Å². The number of nitrogens with one attached hydrogen (secondary N) is 2. The van der Waals surface area contributed by atoms with E-state index in [1.807, 2.05) is 13.8 Å². The third kappa shape index (κ3) is 4.14. The van der Waals surface area contributed by atoms with Crippen LogP contribution in [-0.2, 0) is 9.59 Å². The van der Waals surface area contributed by atoms with Crippen LogP contribution in [0.1, 0.15) is 20.3 Å². The van der Waals surface area contributed by atoms with Gasteiger partial charge in [0.05, 0.1) is 0 Å². The summed E-state index contributed by atoms with van der Waals surface area (Å²) >= 11 is 0. The summed E-state index contributed by atoms with van der Waals surface area (Å²) in [6.45, 7) is 3.73. The van der Waals surface area contributed by atoms with Gasteiger partial charge in [0.15, 0.2) is 0 Å². The summed E-state index contributed by atoms with van der Waals surface area (Å²) in [5.41, 5.74) is 0.384. The molecule has 1 atom stereocenters. The second-order valence-electron chi connectivity index (χ2n) is 3.79. The molecule has 1 unspecified atom stereocenters. The number of phenols is 1. The summed E-state index contributed by atoms with van der Waals surface area (Å²) in [5, 5.41) is 14.1. The van der Waals surface area contributed by atoms with Crippen LogP contribution in [0.3, 0.4) is 0 Å². The molecule has 0 radical (unpaired) electrons. The van der Waals surface area contributed by atoms with Crippen molar-refractivity contribution in [2.45, 2.75) is 26.3 Å². The molecule has 3 N–H and O–H groups in total. The summed E-state index contributed by atoms with van der Waals surface area (Å²) < 4.78 is 0. The van der Waals surface area contributed by atoms with Crippen molar-refractivity contribution in [3.63, 3.8) is 0 Å². The maximum Gasteiger partial charge on any atom is 0.313 e. The van der Waals surface area contributed by atoms with E-state index in [2.05, 4.69) is 10.6 Å². The molecule has 2 amide bonds. The fourth-order valence-corrected chi connectivity index (χ4v) is 1.16. The van der Waals surface area contributed by atoms with Crippen molar-refractivity contribution in [1.29, 1.82) is 0 Å². The lowest BCUT2D eigenvalue weighted by atomic mass is 10.2. The third-order valence-electron chi connectivity index (χ3n) is 2.30. The number of hydrogen-bond acceptors (Lipinski definition) is 3. The Labute approximate surface area is 99.8 Å². The molecule has 1 aromatic carbocycles. The molecule has 0 aliphatic heterocycles. The highest BCUT2D eigenvalue weighted by Gasteiger charge is 2.15. The van der Waals surface area contributed by atoms with Crippen molar-refractivity contribution in [2.24, 2.45) is 0 Å². The molecular formula is C12H16N2O3. The van der Waals surface area contributed by atoms with Crippen molar-refractivity contribution in [3.05, 3.63) is 24.3 Å². The topological polar surface area (TPSA) is 78.4 Å². The lowest BCUT2D eigenvalue weighted by Gasteiger charge is -2.11. The molecule has 0 fully saturated rings. The molecule has 0 aliphatic carbocycles. The van der Waals surface area contributed by atoms with Crippen LogP contribution < -0.4 is 10.6 Å². The first kappa shape index (κ1) is 13.0. The van der Waals surface area contributed by atoms with Crippen LogP contribution in [0.25, 0.3) is 0 Å². The monoisotopic (exact) mass is 236 g/mol. The van der Waals surface area contributed by atoms with Gasteiger partial charge in [-0.15, -0.1) is 0 Å². The smallest absolute Gasteiger partial charge is 0.313 e. The Bertz CT molecular complexity index is 418. The number of anilines is 1. The highest BCUT2D eigenvalue weighted by atomic mass is 16.3. The quantitative estimate of drug-likeness (QED) is 0.691. The maximum atomic E-state index is 11.5. The number of benzene rings is 1. The SMILES string of the molecule is CCC(C)NC(=O)C(=O)Nc1cccc(O)c1. The van der Waals surface area contributed by atoms with Crippen molar-refractivity contribution >= 4 is 17.5 Å². The van der Waals surface area contributed by atoms with Gasteiger partial charge < -0.3 is 15.7 Å². The lowest BCUT2D eigenvalue weighted by Crippen LogP contribution is -2.40. The first-order chi connectivity index (χ1) is 8.02. The van der Waals surface area contributed by atoms with E-state index < -0.39 is 11.8 Å². The van der Waals surface area contributed by atoms with E-state index in [4.69, 9.17) is 0 Å². The molecule has 17 heavy (non-hydrogen) atoms. The number of phenolic OH excluding ortho intramolecular Hbond substituents is 1. The number of aromatic hydroxyl groups is 1. The summed E-state index contributed by atoms with van der Waals surface area (Å²) in [6, 6.07) is 5.98. The molecule has 0 saturated heterocycles. The number of rotatable bonds is 3. The maximum absolute atomic E-state index is 11.5. The van der Waals surface area contributed by atoms with E-state index in [1.54, 1.807) is 12.1 Å². The Kier molecular flexibility index (Phi) is 4.51. The Balaban J connectivity index is 2.57. The summed E-state index contributed by atoms with van der Waals surface area (Å²) in [5.74, 6) is -1.39. The molecule has 0 heterocycles. The van der Waals surface area contributed by atoms with Crippen molar-refractivity contribution < 1.29 is 14.7 Å². The van der Waals surface area contributed by atoms with E-state index in [9.17, 15) is 14.7 Å². The average Bonchev–Trinajstić information content (AvgIpc) is 2.28. The Morgan fingerprint density at radius 1 is 1.35 bits per heavy atom. The minimum atomic E-state index is -0.740. The Morgan fingerprint density at radius 3 is 2.65 bits per heavy atom. The van der Waals surface area contributed by atoms with Gasteiger partial charge in [0.2, 0.25) is 0 Å². The molecule has 0 spiro atoms. The highest BCUT2D eigenvalue weighted by molar-refractivity contribution is 6.39. The predicted molar refractivity (Wildman–Crippen MR) is 64.6 cm³/mol. The van der Waals surface area contributed by atoms with Crippen LogP contribution in [0.2, 0.25) is 0 Å². The minimum absolute atomic E-state index is 0.0325. The van der Waals surface area contributed by atoms with E-state index in [-0.39, 0.29) is 11.8 Å². The normalized spacial score (nSPS) is 11.6. The van der Waals surface area contributed by atoms with Crippen LogP contribution in [0.15, 0.2) is 24.3 Å². The minimum Gasteiger partial charge on any atom is -0.508 e. The largest absolute Gasteiger partial charge is 0.508 e. The second-order valence-corrected chi connectivity index (χ2v) is 3.79. The first-order valence-corrected chi connectivity index (χ1v) is 5.43. The molecule has 5 nitrogen and oxygen atoms in total. The predicted octanol–water partition coefficient (Wildman–Crippen LogP) is 1.25. The van der Waals surface area contributed by atoms with Gasteiger partial charge in [-0.2, -0.15) is 0 Å². The van der Waals surface area contributed by atoms with Gasteiger partial charge >= 0.3 is 11.8 Å². The van der Waals surface area contributed by atoms with Gasteiger partial charge in [0, 0.05) is 17.8 Å². The van der Waals surface area contributed by atoms with E-state index in [0.29, 0.717) is 5.69 Å². The average molecular weight is 236 g/mol. The summed E-state index contributed by atoms with van der Waals surface area (Å²) in [6.07, 6.45) is 0.755. The number of carbonyl (C=O) groups is 2. The molecule has 1 aromatic rings. The van der Waals surface area contributed by atoms with Gasteiger partial charge in [0.1, 0.15) is 5.75 Å². The lowest BCUT2D eigenvalue weighted by molar-refractivity contribution is -0.136. The Hall–Kier alpha value is -2.04. The molecular weight excluding hydrogens is 220 g/mol. The zero-order valence-corrected chi connectivity index (χ0v) is 9.86. The highest BCUT2D eigenvalue weighted by Crippen LogP contribution is 2.14. The molecule has 1 rings (SSSR count). The molecule has 92 valence electrons. The van der Waals surface area contributed by atoms with Crippen molar-refractivity contribution in [3.8, 4) is 5.75 Å². The van der Waals surface area contributed by atoms with Gasteiger partial charge in [-0.3, -0.25) is 9.59 Å². The zero-order chi connectivity index (χ0) is 12.8. The molecule has 5 heteroatoms. The van der Waals surface area contributed by atoms with Crippen LogP contribution in [0.4, 0.5) is 5.69 Å². The van der Waals surface area contributed by atoms with Gasteiger partial charge in [-0.05, 0) is 25.5 Å². The fourth-order valence-electron chi connectivity index (χ4n) is 1.16. The first-order valence-electron chi connectivity index (χ1n) is 5.43. The van der Waals surface area contributed by atoms with Crippen molar-refractivity contribution in [2.75, 3.05) is 5.32 Å². The molecule has 0 aliphatic rings. The Morgan fingerprint density at radius 2 is 2.06 bits per heavy atom. The summed E-state index contributed by atoms with van der Waals surface area (Å²) in [7, 11) is 0. The summed E-state index contributed by atoms with van der Waals surface area (Å²) in [4.78, 5) is 22.9. The van der Waals surface area contributed by atoms with E-state index in [0.717, 1.165) is 6.42 Å². The van der Waals surface area contributed by atoms with E-state index >= 15 is 0 Å². The molecule has 0 aromatic heterocycles. The van der Waals surface area contributed by atoms with Crippen LogP contribution in [0, 0.1) is 0 Å². The number of amides is 2. The fraction of sp³-hybridized carbons (Fsp3) is 0.333. The number of carbonyl (C=O) groups excluding carboxylic acids is 2. The van der Waals surface area contributed by atoms with Crippen molar-refractivity contribution in [1.82, 2.24) is 5.32 Å². The third-order valence-corrected chi connectivity index (χ3v) is 2.30. The van der Waals surface area contributed by atoms with Crippen LogP contribution in [-0.4, -0.2) is 23.0 Å². The standard InChI is InChI=1S/C12H16N2O3/c1-3-8(2)13-11(16)12(17)14-9-5-4-6-10(15)7-9/h4-8,15H,3H2,1-2H3,(H,13,16)(H,14,17). The van der Waals surface area contributed by atoms with Gasteiger partial charge in [-0.25, -0.2) is 0 Å². The zero-order valence-electron chi connectivity index (χ0n) is 9.86. The molecule has 0 bridgehead atoms. The van der Waals surface area contributed by atoms with Crippen LogP contribution >= 0.6 is 0 Å². The molecule has 0 saturated carbocycles. The van der Waals surface area contributed by atoms with Gasteiger partial charge in [-0.1, -0.05) is 13.0 Å².